The molecule has 3 nitrogen and oxygen atoms in total. The van der Waals surface area contributed by atoms with Crippen molar-refractivity contribution in [1.82, 2.24) is 0 Å². The van der Waals surface area contributed by atoms with Crippen LogP contribution in [0.4, 0.5) is 0 Å². The van der Waals surface area contributed by atoms with E-state index in [1.807, 2.05) is 19.9 Å². The van der Waals surface area contributed by atoms with E-state index in [0.717, 1.165) is 16.5 Å². The molecule has 2 aromatic carbocycles. The third-order valence-corrected chi connectivity index (χ3v) is 3.62. The Labute approximate surface area is 143 Å². The maximum Gasteiger partial charge on any atom is 1.00 e. The predicted molar refractivity (Wildman–Crippen MR) is 61.4 cm³/mol. The van der Waals surface area contributed by atoms with Crippen molar-refractivity contribution in [3.05, 3.63) is 41.5 Å². The van der Waals surface area contributed by atoms with Crippen LogP contribution in [0.15, 0.2) is 35.2 Å². The second kappa shape index (κ2) is 5.48. The number of hydrogen-bond donors (Lipinski definition) is 0. The van der Waals surface area contributed by atoms with Gasteiger partial charge in [0.15, 0.2) is 0 Å². The normalized spacial score (nSPS) is 11.2. The maximum absolute atomic E-state index is 11.1. The van der Waals surface area contributed by atoms with Gasteiger partial charge >= 0.3 is 51.4 Å². The number of benzene rings is 2. The van der Waals surface area contributed by atoms with Crippen molar-refractivity contribution in [1.29, 1.82) is 0 Å². The van der Waals surface area contributed by atoms with Gasteiger partial charge in [-0.2, -0.15) is 0 Å². The maximum atomic E-state index is 11.1. The Morgan fingerprint density at radius 3 is 2.24 bits per heavy atom. The van der Waals surface area contributed by atoms with E-state index in [1.165, 1.54) is 6.07 Å². The quantitative estimate of drug-likeness (QED) is 0.514. The minimum Gasteiger partial charge on any atom is -0.744 e. The molecule has 0 radical (unpaired) electrons. The summed E-state index contributed by atoms with van der Waals surface area (Å²) in [6.07, 6.45) is 0. The van der Waals surface area contributed by atoms with E-state index in [0.29, 0.717) is 5.39 Å². The average molecular weight is 274 g/mol. The number of rotatable bonds is 1. The molecule has 0 aromatic heterocycles. The van der Waals surface area contributed by atoms with Crippen LogP contribution in [0.3, 0.4) is 0 Å². The van der Waals surface area contributed by atoms with Gasteiger partial charge in [-0.3, -0.25) is 0 Å². The van der Waals surface area contributed by atoms with Gasteiger partial charge in [-0.25, -0.2) is 8.42 Å². The monoisotopic (exact) mass is 274 g/mol. The first kappa shape index (κ1) is 15.3. The Hall–Kier alpha value is 0.246. The molecule has 2 rings (SSSR count). The van der Waals surface area contributed by atoms with Gasteiger partial charge < -0.3 is 4.55 Å². The molecule has 0 unspecified atom stereocenters. The van der Waals surface area contributed by atoms with E-state index in [1.54, 1.807) is 18.2 Å². The first-order valence-electron chi connectivity index (χ1n) is 4.85. The van der Waals surface area contributed by atoms with E-state index in [9.17, 15) is 13.0 Å². The summed E-state index contributed by atoms with van der Waals surface area (Å²) in [6, 6.07) is 8.37. The SMILES string of the molecule is Cc1cc2cccc(S(=O)(=O)[O-])c2cc1C.[K+]. The zero-order chi connectivity index (χ0) is 11.9. The van der Waals surface area contributed by atoms with Gasteiger partial charge in [-0.1, -0.05) is 18.2 Å². The Morgan fingerprint density at radius 1 is 1.06 bits per heavy atom. The molecule has 0 heterocycles. The fourth-order valence-corrected chi connectivity index (χ4v) is 2.43. The van der Waals surface area contributed by atoms with Crippen LogP contribution in [0.25, 0.3) is 10.8 Å². The molecule has 0 aliphatic carbocycles. The summed E-state index contributed by atoms with van der Waals surface area (Å²) in [5.74, 6) is 0. The van der Waals surface area contributed by atoms with Crippen LogP contribution in [-0.4, -0.2) is 13.0 Å². The van der Waals surface area contributed by atoms with E-state index < -0.39 is 10.1 Å². The Morgan fingerprint density at radius 2 is 1.65 bits per heavy atom. The van der Waals surface area contributed by atoms with Crippen LogP contribution in [-0.2, 0) is 10.1 Å². The largest absolute Gasteiger partial charge is 1.00 e. The predicted octanol–water partition coefficient (Wildman–Crippen LogP) is -0.635. The van der Waals surface area contributed by atoms with Gasteiger partial charge in [0.05, 0.1) is 4.90 Å². The summed E-state index contributed by atoms with van der Waals surface area (Å²) in [5, 5.41) is 1.28. The van der Waals surface area contributed by atoms with Crippen LogP contribution >= 0.6 is 0 Å². The van der Waals surface area contributed by atoms with Crippen molar-refractivity contribution in [2.75, 3.05) is 0 Å². The first-order chi connectivity index (χ1) is 7.39. The number of hydrogen-bond acceptors (Lipinski definition) is 3. The summed E-state index contributed by atoms with van der Waals surface area (Å²) in [7, 11) is -4.41. The number of fused-ring (bicyclic) bond motifs is 1. The molecule has 17 heavy (non-hydrogen) atoms. The van der Waals surface area contributed by atoms with Crippen molar-refractivity contribution < 1.29 is 64.4 Å². The topological polar surface area (TPSA) is 57.2 Å². The molecular weight excluding hydrogens is 263 g/mol. The van der Waals surface area contributed by atoms with Crippen LogP contribution in [0.2, 0.25) is 0 Å². The summed E-state index contributed by atoms with van der Waals surface area (Å²) in [4.78, 5) is -0.145. The Kier molecular flexibility index (Phi) is 4.94. The first-order valence-corrected chi connectivity index (χ1v) is 6.26. The van der Waals surface area contributed by atoms with Gasteiger partial charge in [-0.15, -0.1) is 0 Å². The van der Waals surface area contributed by atoms with Gasteiger partial charge in [-0.05, 0) is 47.9 Å². The molecule has 0 saturated carbocycles. The molecule has 0 spiro atoms. The zero-order valence-electron chi connectivity index (χ0n) is 10.0. The van der Waals surface area contributed by atoms with Crippen LogP contribution < -0.4 is 51.4 Å². The average Bonchev–Trinajstić information content (AvgIpc) is 2.17. The second-order valence-electron chi connectivity index (χ2n) is 3.87. The van der Waals surface area contributed by atoms with E-state index in [4.69, 9.17) is 0 Å². The van der Waals surface area contributed by atoms with Crippen molar-refractivity contribution in [3.63, 3.8) is 0 Å². The van der Waals surface area contributed by atoms with Crippen molar-refractivity contribution in [2.45, 2.75) is 18.7 Å². The molecule has 0 fully saturated rings. The molecule has 0 N–H and O–H groups in total. The molecule has 0 atom stereocenters. The summed E-state index contributed by atoms with van der Waals surface area (Å²) in [6.45, 7) is 3.84. The van der Waals surface area contributed by atoms with Gasteiger partial charge in [0.2, 0.25) is 0 Å². The van der Waals surface area contributed by atoms with Crippen molar-refractivity contribution >= 4 is 20.9 Å². The zero-order valence-corrected chi connectivity index (χ0v) is 14.0. The van der Waals surface area contributed by atoms with Gasteiger partial charge in [0, 0.05) is 0 Å². The molecule has 2 aromatic rings. The fraction of sp³-hybridized carbons (Fsp3) is 0.167. The second-order valence-corrected chi connectivity index (χ2v) is 5.22. The van der Waals surface area contributed by atoms with Crippen LogP contribution in [0.5, 0.6) is 0 Å². The molecule has 84 valence electrons. The number of aryl methyl sites for hydroxylation is 2. The fourth-order valence-electron chi connectivity index (χ4n) is 1.74. The Bertz CT molecular complexity index is 663. The third kappa shape index (κ3) is 3.17. The van der Waals surface area contributed by atoms with Gasteiger partial charge in [0.1, 0.15) is 10.1 Å². The standard InChI is InChI=1S/C12H12O3S.K/c1-8-6-10-4-3-5-12(16(13,14)15)11(10)7-9(8)2;/h3-7H,1-2H3,(H,13,14,15);/q;+1/p-1. The smallest absolute Gasteiger partial charge is 0.744 e. The van der Waals surface area contributed by atoms with Gasteiger partial charge in [0.25, 0.3) is 0 Å². The van der Waals surface area contributed by atoms with E-state index >= 15 is 0 Å². The van der Waals surface area contributed by atoms with E-state index in [2.05, 4.69) is 0 Å². The minimum absolute atomic E-state index is 0. The van der Waals surface area contributed by atoms with Crippen molar-refractivity contribution in [2.24, 2.45) is 0 Å². The Balaban J connectivity index is 0.00000144. The summed E-state index contributed by atoms with van der Waals surface area (Å²) < 4.78 is 33.3. The third-order valence-electron chi connectivity index (χ3n) is 2.72. The molecular formula is C12H11KO3S. The summed E-state index contributed by atoms with van der Waals surface area (Å²) >= 11 is 0. The molecule has 5 heteroatoms. The van der Waals surface area contributed by atoms with Crippen molar-refractivity contribution in [3.8, 4) is 0 Å². The molecule has 0 aliphatic rings. The molecule has 0 saturated heterocycles. The summed E-state index contributed by atoms with van der Waals surface area (Å²) in [5.41, 5.74) is 2.05. The molecule has 0 amide bonds. The molecule has 0 bridgehead atoms. The van der Waals surface area contributed by atoms with Crippen LogP contribution in [0.1, 0.15) is 11.1 Å². The minimum atomic E-state index is -4.41. The molecule has 0 aliphatic heterocycles. The van der Waals surface area contributed by atoms with Crippen LogP contribution in [0, 0.1) is 13.8 Å². The van der Waals surface area contributed by atoms with E-state index in [-0.39, 0.29) is 56.3 Å².